The zero-order valence-electron chi connectivity index (χ0n) is 11.2. The molecule has 1 saturated heterocycles. The van der Waals surface area contributed by atoms with Crippen LogP contribution in [-0.2, 0) is 17.1 Å². The Bertz CT molecular complexity index is 588. The first-order valence-electron chi connectivity index (χ1n) is 6.10. The Kier molecular flexibility index (Phi) is 4.26. The van der Waals surface area contributed by atoms with E-state index in [1.165, 1.54) is 16.8 Å². The maximum Gasteiger partial charge on any atom is 0.262 e. The molecule has 112 valence electrons. The average molecular weight is 302 g/mol. The molecule has 0 amide bonds. The van der Waals surface area contributed by atoms with Crippen LogP contribution in [0.5, 0.6) is 0 Å². The molecular formula is C10H18N6O3S. The number of rotatable bonds is 4. The molecule has 0 aliphatic carbocycles. The Hall–Kier alpha value is -1.65. The maximum absolute atomic E-state index is 12.3. The first kappa shape index (κ1) is 14.8. The number of aryl methyl sites for hydroxylation is 1. The highest BCUT2D eigenvalue weighted by Crippen LogP contribution is 2.15. The molecule has 20 heavy (non-hydrogen) atoms. The molecule has 0 unspecified atom stereocenters. The molecule has 1 aliphatic rings. The minimum absolute atomic E-state index is 0.0601. The van der Waals surface area contributed by atoms with Crippen LogP contribution in [0.2, 0.25) is 0 Å². The Morgan fingerprint density at radius 2 is 2.10 bits per heavy atom. The van der Waals surface area contributed by atoms with Crippen LogP contribution in [-0.4, -0.2) is 70.9 Å². The Morgan fingerprint density at radius 3 is 2.60 bits per heavy atom. The lowest BCUT2D eigenvalue weighted by Gasteiger charge is -2.33. The number of sulfonamides is 1. The van der Waals surface area contributed by atoms with E-state index in [1.54, 1.807) is 11.6 Å². The Labute approximate surface area is 117 Å². The highest BCUT2D eigenvalue weighted by atomic mass is 32.2. The SMILES string of the molecule is Cn1cnc(S(=O)(=O)N2CCN(CC(N)=NO)CC2)c1. The second-order valence-electron chi connectivity index (χ2n) is 4.65. The Balaban J connectivity index is 2.00. The van der Waals surface area contributed by atoms with E-state index in [0.29, 0.717) is 32.7 Å². The van der Waals surface area contributed by atoms with Gasteiger partial charge >= 0.3 is 0 Å². The second kappa shape index (κ2) is 5.77. The van der Waals surface area contributed by atoms with Crippen LogP contribution < -0.4 is 5.73 Å². The van der Waals surface area contributed by atoms with Gasteiger partial charge in [0.2, 0.25) is 0 Å². The zero-order valence-corrected chi connectivity index (χ0v) is 12.0. The fraction of sp³-hybridized carbons (Fsp3) is 0.600. The van der Waals surface area contributed by atoms with Crippen molar-refractivity contribution in [2.75, 3.05) is 32.7 Å². The van der Waals surface area contributed by atoms with Crippen molar-refractivity contribution in [1.82, 2.24) is 18.8 Å². The number of nitrogens with zero attached hydrogens (tertiary/aromatic N) is 5. The van der Waals surface area contributed by atoms with Crippen molar-refractivity contribution in [2.24, 2.45) is 17.9 Å². The summed E-state index contributed by atoms with van der Waals surface area (Å²) in [5, 5.41) is 11.5. The van der Waals surface area contributed by atoms with Gasteiger partial charge < -0.3 is 15.5 Å². The maximum atomic E-state index is 12.3. The Morgan fingerprint density at radius 1 is 1.45 bits per heavy atom. The molecule has 2 rings (SSSR count). The summed E-state index contributed by atoms with van der Waals surface area (Å²) in [6.07, 6.45) is 2.94. The zero-order chi connectivity index (χ0) is 14.8. The molecule has 1 fully saturated rings. The molecule has 1 aromatic rings. The van der Waals surface area contributed by atoms with Crippen LogP contribution >= 0.6 is 0 Å². The average Bonchev–Trinajstić information content (AvgIpc) is 2.86. The van der Waals surface area contributed by atoms with E-state index in [2.05, 4.69) is 10.1 Å². The number of aromatic nitrogens is 2. The number of imidazole rings is 1. The molecule has 1 aliphatic heterocycles. The predicted octanol–water partition coefficient (Wildman–Crippen LogP) is -1.53. The lowest BCUT2D eigenvalue weighted by atomic mass is 10.3. The van der Waals surface area contributed by atoms with E-state index in [0.717, 1.165) is 0 Å². The van der Waals surface area contributed by atoms with Crippen molar-refractivity contribution in [3.63, 3.8) is 0 Å². The summed E-state index contributed by atoms with van der Waals surface area (Å²) in [7, 11) is -1.81. The third kappa shape index (κ3) is 3.08. The van der Waals surface area contributed by atoms with Crippen molar-refractivity contribution >= 4 is 15.9 Å². The van der Waals surface area contributed by atoms with Crippen LogP contribution in [0.25, 0.3) is 0 Å². The minimum Gasteiger partial charge on any atom is -0.409 e. The van der Waals surface area contributed by atoms with Crippen LogP contribution in [0.4, 0.5) is 0 Å². The standard InChI is InChI=1S/C10H18N6O3S/c1-14-7-10(12-8-14)20(18,19)16-4-2-15(3-5-16)6-9(11)13-17/h7-8,17H,2-6H2,1H3,(H2,11,13). The molecule has 0 radical (unpaired) electrons. The first-order valence-corrected chi connectivity index (χ1v) is 7.54. The van der Waals surface area contributed by atoms with Crippen molar-refractivity contribution in [1.29, 1.82) is 0 Å². The highest BCUT2D eigenvalue weighted by Gasteiger charge is 2.30. The summed E-state index contributed by atoms with van der Waals surface area (Å²) in [4.78, 5) is 5.82. The van der Waals surface area contributed by atoms with E-state index in [4.69, 9.17) is 10.9 Å². The summed E-state index contributed by atoms with van der Waals surface area (Å²) >= 11 is 0. The second-order valence-corrected chi connectivity index (χ2v) is 6.53. The summed E-state index contributed by atoms with van der Waals surface area (Å²) in [5.74, 6) is 0.117. The summed E-state index contributed by atoms with van der Waals surface area (Å²) < 4.78 is 27.7. The van der Waals surface area contributed by atoms with Crippen LogP contribution in [0, 0.1) is 0 Å². The van der Waals surface area contributed by atoms with Crippen LogP contribution in [0.3, 0.4) is 0 Å². The summed E-state index contributed by atoms with van der Waals surface area (Å²) in [5.41, 5.74) is 5.43. The van der Waals surface area contributed by atoms with Gasteiger partial charge in [-0.25, -0.2) is 13.4 Å². The lowest BCUT2D eigenvalue weighted by molar-refractivity contribution is 0.206. The topological polar surface area (TPSA) is 117 Å². The molecular weight excluding hydrogens is 284 g/mol. The fourth-order valence-electron chi connectivity index (χ4n) is 2.04. The van der Waals surface area contributed by atoms with Gasteiger partial charge in [-0.15, -0.1) is 0 Å². The molecule has 1 aromatic heterocycles. The molecule has 0 bridgehead atoms. The van der Waals surface area contributed by atoms with Gasteiger partial charge in [-0.2, -0.15) is 4.31 Å². The van der Waals surface area contributed by atoms with E-state index in [9.17, 15) is 8.42 Å². The smallest absolute Gasteiger partial charge is 0.262 e. The van der Waals surface area contributed by atoms with Gasteiger partial charge in [0.1, 0.15) is 0 Å². The van der Waals surface area contributed by atoms with E-state index in [-0.39, 0.29) is 10.9 Å². The molecule has 0 saturated carbocycles. The quantitative estimate of drug-likeness (QED) is 0.302. The lowest BCUT2D eigenvalue weighted by Crippen LogP contribution is -2.50. The number of hydrogen-bond donors (Lipinski definition) is 2. The molecule has 9 nitrogen and oxygen atoms in total. The van der Waals surface area contributed by atoms with Gasteiger partial charge in [-0.05, 0) is 0 Å². The highest BCUT2D eigenvalue weighted by molar-refractivity contribution is 7.89. The number of amidine groups is 1. The number of nitrogens with two attached hydrogens (primary N) is 1. The molecule has 0 atom stereocenters. The van der Waals surface area contributed by atoms with Gasteiger partial charge in [0.25, 0.3) is 10.0 Å². The molecule has 0 spiro atoms. The third-order valence-electron chi connectivity index (χ3n) is 3.13. The molecule has 3 N–H and O–H groups in total. The number of piperazine rings is 1. The summed E-state index contributed by atoms with van der Waals surface area (Å²) in [6, 6.07) is 0. The number of oxime groups is 1. The van der Waals surface area contributed by atoms with Crippen LogP contribution in [0.1, 0.15) is 0 Å². The first-order chi connectivity index (χ1) is 9.43. The van der Waals surface area contributed by atoms with Gasteiger partial charge in [-0.3, -0.25) is 4.90 Å². The molecule has 2 heterocycles. The van der Waals surface area contributed by atoms with E-state index < -0.39 is 10.0 Å². The third-order valence-corrected chi connectivity index (χ3v) is 4.92. The molecule has 0 aromatic carbocycles. The fourth-order valence-corrected chi connectivity index (χ4v) is 3.43. The van der Waals surface area contributed by atoms with Crippen molar-refractivity contribution in [3.8, 4) is 0 Å². The molecule has 10 heteroatoms. The van der Waals surface area contributed by atoms with Crippen LogP contribution in [0.15, 0.2) is 22.7 Å². The number of hydrogen-bond acceptors (Lipinski definition) is 6. The monoisotopic (exact) mass is 302 g/mol. The van der Waals surface area contributed by atoms with Gasteiger partial charge in [0, 0.05) is 39.4 Å². The predicted molar refractivity (Wildman–Crippen MR) is 71.8 cm³/mol. The van der Waals surface area contributed by atoms with Crippen molar-refractivity contribution < 1.29 is 13.6 Å². The normalized spacial score (nSPS) is 19.4. The van der Waals surface area contributed by atoms with E-state index >= 15 is 0 Å². The largest absolute Gasteiger partial charge is 0.409 e. The summed E-state index contributed by atoms with van der Waals surface area (Å²) in [6.45, 7) is 2.10. The minimum atomic E-state index is -3.53. The van der Waals surface area contributed by atoms with Crippen molar-refractivity contribution in [3.05, 3.63) is 12.5 Å². The van der Waals surface area contributed by atoms with Gasteiger partial charge in [0.05, 0.1) is 12.9 Å². The van der Waals surface area contributed by atoms with Gasteiger partial charge in [-0.1, -0.05) is 5.16 Å². The van der Waals surface area contributed by atoms with Crippen molar-refractivity contribution in [2.45, 2.75) is 5.03 Å². The van der Waals surface area contributed by atoms with Gasteiger partial charge in [0.15, 0.2) is 10.9 Å². The van der Waals surface area contributed by atoms with E-state index in [1.807, 2.05) is 4.90 Å².